The number of carbonyl (C=O) groups excluding carboxylic acids is 1. The molecule has 3 N–H and O–H groups in total. The second-order valence-electron chi connectivity index (χ2n) is 2.31. The summed E-state index contributed by atoms with van der Waals surface area (Å²) in [6, 6.07) is -0.732. The van der Waals surface area contributed by atoms with Crippen LogP contribution in [0.3, 0.4) is 0 Å². The molecule has 72 valence electrons. The third kappa shape index (κ3) is 2.88. The number of nitrogens with two attached hydrogens (primary N) is 1. The lowest BCUT2D eigenvalue weighted by Gasteiger charge is -2.11. The number of rotatable bonds is 0. The first-order valence-corrected chi connectivity index (χ1v) is 4.98. The van der Waals surface area contributed by atoms with Crippen LogP contribution in [-0.2, 0) is 10.0 Å². The van der Waals surface area contributed by atoms with E-state index in [1.807, 2.05) is 0 Å². The summed E-state index contributed by atoms with van der Waals surface area (Å²) in [6.45, 7) is 0.135. The Morgan fingerprint density at radius 1 is 1.46 bits per heavy atom. The summed E-state index contributed by atoms with van der Waals surface area (Å²) >= 11 is 0. The molecule has 1 aliphatic heterocycles. The van der Waals surface area contributed by atoms with Crippen molar-refractivity contribution in [2.45, 2.75) is 0 Å². The summed E-state index contributed by atoms with van der Waals surface area (Å²) in [7, 11) is -3.44. The van der Waals surface area contributed by atoms with Gasteiger partial charge < -0.3 is 5.73 Å². The quantitative estimate of drug-likeness (QED) is 0.544. The minimum atomic E-state index is -3.44. The first kappa shape index (κ1) is 9.75. The van der Waals surface area contributed by atoms with Crippen molar-refractivity contribution in [3.63, 3.8) is 0 Å². The van der Waals surface area contributed by atoms with Gasteiger partial charge in [0.25, 0.3) is 0 Å². The highest BCUT2D eigenvalue weighted by Crippen LogP contribution is 1.97. The molecule has 0 aromatic heterocycles. The minimum Gasteiger partial charge on any atom is -0.351 e. The fourth-order valence-corrected chi connectivity index (χ4v) is 1.44. The van der Waals surface area contributed by atoms with Gasteiger partial charge in [-0.1, -0.05) is 6.08 Å². The summed E-state index contributed by atoms with van der Waals surface area (Å²) in [5.41, 5.74) is 4.95. The topological polar surface area (TPSA) is 92.5 Å². The molecule has 6 nitrogen and oxygen atoms in total. The molecule has 0 fully saturated rings. The van der Waals surface area contributed by atoms with Crippen LogP contribution in [0.5, 0.6) is 0 Å². The molecule has 13 heavy (non-hydrogen) atoms. The van der Waals surface area contributed by atoms with E-state index in [9.17, 15) is 13.2 Å². The molecule has 0 bridgehead atoms. The van der Waals surface area contributed by atoms with Crippen LogP contribution >= 0.6 is 0 Å². The van der Waals surface area contributed by atoms with Gasteiger partial charge in [0.15, 0.2) is 0 Å². The van der Waals surface area contributed by atoms with E-state index < -0.39 is 16.1 Å². The molecule has 1 aliphatic rings. The van der Waals surface area contributed by atoms with E-state index in [0.717, 1.165) is 16.5 Å². The zero-order valence-corrected chi connectivity index (χ0v) is 7.49. The van der Waals surface area contributed by atoms with Crippen molar-refractivity contribution < 1.29 is 13.2 Å². The Kier molecular flexibility index (Phi) is 2.69. The van der Waals surface area contributed by atoms with Crippen molar-refractivity contribution >= 4 is 16.1 Å². The van der Waals surface area contributed by atoms with Gasteiger partial charge >= 0.3 is 6.03 Å². The van der Waals surface area contributed by atoms with Gasteiger partial charge in [0.05, 0.1) is 5.41 Å². The van der Waals surface area contributed by atoms with Crippen LogP contribution in [0.1, 0.15) is 0 Å². The minimum absolute atomic E-state index is 0.135. The Labute approximate surface area is 75.8 Å². The zero-order valence-electron chi connectivity index (χ0n) is 6.67. The number of amides is 2. The highest BCUT2D eigenvalue weighted by atomic mass is 32.2. The fraction of sp³-hybridized carbons (Fsp3) is 0.167. The van der Waals surface area contributed by atoms with Crippen molar-refractivity contribution in [1.82, 2.24) is 9.62 Å². The molecule has 0 atom stereocenters. The van der Waals surface area contributed by atoms with Crippen LogP contribution in [0.4, 0.5) is 4.79 Å². The average Bonchev–Trinajstić information content (AvgIpc) is 1.98. The maximum atomic E-state index is 11.0. The monoisotopic (exact) mass is 203 g/mol. The van der Waals surface area contributed by atoms with Gasteiger partial charge in [0.1, 0.15) is 0 Å². The zero-order chi connectivity index (χ0) is 9.90. The summed E-state index contributed by atoms with van der Waals surface area (Å²) in [5.74, 6) is 0. The molecule has 0 aromatic rings. The predicted molar refractivity (Wildman–Crippen MR) is 46.6 cm³/mol. The molecule has 0 radical (unpaired) electrons. The lowest BCUT2D eigenvalue weighted by molar-refractivity contribution is 0.235. The average molecular weight is 203 g/mol. The Balaban J connectivity index is 2.91. The molecular weight excluding hydrogens is 194 g/mol. The number of carbonyl (C=O) groups is 1. The van der Waals surface area contributed by atoms with Crippen molar-refractivity contribution in [1.29, 1.82) is 0 Å². The van der Waals surface area contributed by atoms with E-state index in [0.29, 0.717) is 0 Å². The standard InChI is InChI=1S/C6H9N3O3S/c7-6(10)9-3-1-2-8-13(11,12)5-4-9/h1,3-5,8H,2H2,(H2,7,10)/b3-1-,5-4-. The third-order valence-electron chi connectivity index (χ3n) is 1.32. The Hall–Kier alpha value is -1.34. The second kappa shape index (κ2) is 3.58. The number of nitrogens with one attached hydrogen (secondary N) is 1. The van der Waals surface area contributed by atoms with E-state index >= 15 is 0 Å². The highest BCUT2D eigenvalue weighted by Gasteiger charge is 2.08. The number of urea groups is 1. The molecule has 2 amide bonds. The lowest BCUT2D eigenvalue weighted by Crippen LogP contribution is -2.30. The van der Waals surface area contributed by atoms with Gasteiger partial charge in [-0.25, -0.2) is 17.9 Å². The van der Waals surface area contributed by atoms with Crippen LogP contribution < -0.4 is 10.5 Å². The molecule has 0 aliphatic carbocycles. The first-order valence-electron chi connectivity index (χ1n) is 3.43. The highest BCUT2D eigenvalue weighted by molar-refractivity contribution is 7.92. The van der Waals surface area contributed by atoms with Crippen LogP contribution in [0.15, 0.2) is 23.9 Å². The van der Waals surface area contributed by atoms with Gasteiger partial charge in [-0.15, -0.1) is 0 Å². The fourth-order valence-electron chi connectivity index (χ4n) is 0.721. The van der Waals surface area contributed by atoms with Gasteiger partial charge in [-0.2, -0.15) is 0 Å². The predicted octanol–water partition coefficient (Wildman–Crippen LogP) is -0.715. The first-order chi connectivity index (χ1) is 6.01. The van der Waals surface area contributed by atoms with Gasteiger partial charge in [-0.05, 0) is 0 Å². The summed E-state index contributed by atoms with van der Waals surface area (Å²) in [4.78, 5) is 11.6. The van der Waals surface area contributed by atoms with Crippen molar-refractivity contribution in [2.75, 3.05) is 6.54 Å². The maximum absolute atomic E-state index is 11.0. The van der Waals surface area contributed by atoms with Crippen LogP contribution in [0.25, 0.3) is 0 Å². The Morgan fingerprint density at radius 3 is 2.77 bits per heavy atom. The van der Waals surface area contributed by atoms with E-state index in [-0.39, 0.29) is 6.54 Å². The van der Waals surface area contributed by atoms with E-state index in [4.69, 9.17) is 5.73 Å². The molecule has 0 aromatic carbocycles. The van der Waals surface area contributed by atoms with Crippen LogP contribution in [-0.4, -0.2) is 25.9 Å². The SMILES string of the molecule is NC(=O)N1/C=C\CNS(=O)(=O)/C=C\1. The molecular formula is C6H9N3O3S. The third-order valence-corrected chi connectivity index (χ3v) is 2.37. The van der Waals surface area contributed by atoms with E-state index in [2.05, 4.69) is 4.72 Å². The molecule has 1 rings (SSSR count). The summed E-state index contributed by atoms with van der Waals surface area (Å²) in [6.07, 6.45) is 3.95. The molecule has 0 unspecified atom stereocenters. The summed E-state index contributed by atoms with van der Waals surface area (Å²) < 4.78 is 24.2. The maximum Gasteiger partial charge on any atom is 0.322 e. The van der Waals surface area contributed by atoms with E-state index in [1.165, 1.54) is 12.3 Å². The smallest absolute Gasteiger partial charge is 0.322 e. The molecule has 0 spiro atoms. The number of hydrogen-bond acceptors (Lipinski definition) is 3. The van der Waals surface area contributed by atoms with Crippen molar-refractivity contribution in [3.05, 3.63) is 23.9 Å². The van der Waals surface area contributed by atoms with Crippen molar-refractivity contribution in [2.24, 2.45) is 5.73 Å². The lowest BCUT2D eigenvalue weighted by atomic mass is 10.6. The number of sulfonamides is 1. The van der Waals surface area contributed by atoms with Crippen LogP contribution in [0, 0.1) is 0 Å². The second-order valence-corrected chi connectivity index (χ2v) is 3.96. The largest absolute Gasteiger partial charge is 0.351 e. The van der Waals surface area contributed by atoms with Crippen molar-refractivity contribution in [3.8, 4) is 0 Å². The Bertz CT molecular complexity index is 357. The molecule has 7 heteroatoms. The molecule has 1 heterocycles. The molecule has 0 saturated heterocycles. The number of primary amides is 1. The van der Waals surface area contributed by atoms with Gasteiger partial charge in [0.2, 0.25) is 10.0 Å². The van der Waals surface area contributed by atoms with Gasteiger partial charge in [-0.3, -0.25) is 4.90 Å². The van der Waals surface area contributed by atoms with E-state index in [1.54, 1.807) is 0 Å². The van der Waals surface area contributed by atoms with Crippen LogP contribution in [0.2, 0.25) is 0 Å². The molecule has 0 saturated carbocycles. The summed E-state index contributed by atoms with van der Waals surface area (Å²) in [5, 5.41) is 0.876. The number of hydrogen-bond donors (Lipinski definition) is 2. The number of nitrogens with zero attached hydrogens (tertiary/aromatic N) is 1. The Morgan fingerprint density at radius 2 is 2.15 bits per heavy atom. The normalized spacial score (nSPS) is 25.7. The van der Waals surface area contributed by atoms with Gasteiger partial charge in [0, 0.05) is 18.9 Å².